The van der Waals surface area contributed by atoms with Gasteiger partial charge in [-0.15, -0.1) is 0 Å². The number of ether oxygens (including phenoxy) is 1. The minimum Gasteiger partial charge on any atom is -0.371 e. The predicted molar refractivity (Wildman–Crippen MR) is 48.9 cm³/mol. The lowest BCUT2D eigenvalue weighted by Gasteiger charge is -2.06. The van der Waals surface area contributed by atoms with Crippen LogP contribution in [0.2, 0.25) is 0 Å². The fourth-order valence-electron chi connectivity index (χ4n) is 0.866. The molecule has 1 aromatic rings. The summed E-state index contributed by atoms with van der Waals surface area (Å²) in [6.07, 6.45) is 0.165. The normalized spacial score (nSPS) is 10.8. The maximum Gasteiger partial charge on any atom is 0.223 e. The molecule has 0 aliphatic carbocycles. The minimum atomic E-state index is 0.165. The molecule has 0 atom stereocenters. The van der Waals surface area contributed by atoms with E-state index in [4.69, 9.17) is 10.5 Å². The van der Waals surface area contributed by atoms with Crippen molar-refractivity contribution >= 4 is 5.95 Å². The van der Waals surface area contributed by atoms with Crippen LogP contribution in [0.25, 0.3) is 0 Å². The van der Waals surface area contributed by atoms with Crippen LogP contribution in [0.1, 0.15) is 25.5 Å². The first kappa shape index (κ1) is 9.85. The molecule has 0 amide bonds. The molecule has 0 aliphatic heterocycles. The summed E-state index contributed by atoms with van der Waals surface area (Å²) in [4.78, 5) is 11.9. The van der Waals surface area contributed by atoms with E-state index in [-0.39, 0.29) is 12.1 Å². The summed E-state index contributed by atoms with van der Waals surface area (Å²) >= 11 is 0. The van der Waals surface area contributed by atoms with E-state index in [2.05, 4.69) is 15.0 Å². The van der Waals surface area contributed by atoms with Gasteiger partial charge in [-0.2, -0.15) is 9.97 Å². The Kier molecular flexibility index (Phi) is 3.13. The molecule has 0 saturated heterocycles. The molecule has 0 fully saturated rings. The molecule has 5 heteroatoms. The lowest BCUT2D eigenvalue weighted by molar-refractivity contribution is 0.0611. The van der Waals surface area contributed by atoms with Crippen LogP contribution in [0, 0.1) is 6.92 Å². The van der Waals surface area contributed by atoms with Crippen molar-refractivity contribution in [1.29, 1.82) is 0 Å². The number of anilines is 1. The van der Waals surface area contributed by atoms with E-state index in [1.54, 1.807) is 6.92 Å². The second kappa shape index (κ2) is 4.13. The summed E-state index contributed by atoms with van der Waals surface area (Å²) in [5.74, 6) is 1.45. The van der Waals surface area contributed by atoms with Crippen molar-refractivity contribution in [3.8, 4) is 0 Å². The van der Waals surface area contributed by atoms with E-state index in [0.717, 1.165) is 0 Å². The number of aryl methyl sites for hydroxylation is 1. The molecule has 2 N–H and O–H groups in total. The maximum atomic E-state index is 5.45. The van der Waals surface area contributed by atoms with Crippen molar-refractivity contribution in [3.63, 3.8) is 0 Å². The van der Waals surface area contributed by atoms with Crippen LogP contribution >= 0.6 is 0 Å². The van der Waals surface area contributed by atoms with Crippen LogP contribution in [0.3, 0.4) is 0 Å². The molecule has 0 radical (unpaired) electrons. The number of hydrogen-bond acceptors (Lipinski definition) is 5. The van der Waals surface area contributed by atoms with Gasteiger partial charge in [-0.1, -0.05) is 0 Å². The summed E-state index contributed by atoms with van der Waals surface area (Å²) in [5.41, 5.74) is 5.45. The highest BCUT2D eigenvalue weighted by molar-refractivity contribution is 5.14. The number of nitrogens with zero attached hydrogens (tertiary/aromatic N) is 3. The summed E-state index contributed by atoms with van der Waals surface area (Å²) < 4.78 is 5.33. The quantitative estimate of drug-likeness (QED) is 0.744. The molecular weight excluding hydrogens is 168 g/mol. The largest absolute Gasteiger partial charge is 0.371 e. The van der Waals surface area contributed by atoms with Gasteiger partial charge in [-0.25, -0.2) is 4.98 Å². The highest BCUT2D eigenvalue weighted by Crippen LogP contribution is 2.00. The Bertz CT molecular complexity index is 267. The first-order valence-corrected chi connectivity index (χ1v) is 4.16. The molecule has 1 heterocycles. The van der Waals surface area contributed by atoms with Gasteiger partial charge in [0, 0.05) is 0 Å². The van der Waals surface area contributed by atoms with Gasteiger partial charge in [0.15, 0.2) is 5.82 Å². The van der Waals surface area contributed by atoms with Crippen LogP contribution in [0.15, 0.2) is 0 Å². The molecule has 0 aliphatic rings. The first-order valence-electron chi connectivity index (χ1n) is 4.16. The SMILES string of the molecule is Cc1nc(N)nc(COC(C)C)n1. The van der Waals surface area contributed by atoms with E-state index in [1.165, 1.54) is 0 Å². The van der Waals surface area contributed by atoms with Gasteiger partial charge in [-0.05, 0) is 20.8 Å². The third-order valence-corrected chi connectivity index (χ3v) is 1.36. The number of rotatable bonds is 3. The molecule has 1 aromatic heterocycles. The van der Waals surface area contributed by atoms with Crippen molar-refractivity contribution in [2.75, 3.05) is 5.73 Å². The molecule has 5 nitrogen and oxygen atoms in total. The van der Waals surface area contributed by atoms with Crippen molar-refractivity contribution in [2.45, 2.75) is 33.5 Å². The van der Waals surface area contributed by atoms with Crippen molar-refractivity contribution in [2.24, 2.45) is 0 Å². The number of nitrogen functional groups attached to an aromatic ring is 1. The van der Waals surface area contributed by atoms with E-state index >= 15 is 0 Å². The van der Waals surface area contributed by atoms with Crippen LogP contribution in [0.5, 0.6) is 0 Å². The smallest absolute Gasteiger partial charge is 0.223 e. The van der Waals surface area contributed by atoms with Gasteiger partial charge in [0.05, 0.1) is 6.10 Å². The summed E-state index contributed by atoms with van der Waals surface area (Å²) in [5, 5.41) is 0. The fourth-order valence-corrected chi connectivity index (χ4v) is 0.866. The van der Waals surface area contributed by atoms with Crippen LogP contribution < -0.4 is 5.73 Å². The monoisotopic (exact) mass is 182 g/mol. The topological polar surface area (TPSA) is 73.9 Å². The Morgan fingerprint density at radius 3 is 2.54 bits per heavy atom. The van der Waals surface area contributed by atoms with Gasteiger partial charge in [0.25, 0.3) is 0 Å². The molecule has 13 heavy (non-hydrogen) atoms. The van der Waals surface area contributed by atoms with Crippen molar-refractivity contribution in [1.82, 2.24) is 15.0 Å². The zero-order valence-electron chi connectivity index (χ0n) is 8.11. The number of hydrogen-bond donors (Lipinski definition) is 1. The third kappa shape index (κ3) is 3.33. The predicted octanol–water partition coefficient (Wildman–Crippen LogP) is 0.687. The standard InChI is InChI=1S/C8H14N4O/c1-5(2)13-4-7-10-6(3)11-8(9)12-7/h5H,4H2,1-3H3,(H2,9,10,11,12). The average Bonchev–Trinajstić information content (AvgIpc) is 1.99. The Labute approximate surface area is 77.4 Å². The van der Waals surface area contributed by atoms with E-state index in [9.17, 15) is 0 Å². The Balaban J connectivity index is 2.66. The highest BCUT2D eigenvalue weighted by atomic mass is 16.5. The fraction of sp³-hybridized carbons (Fsp3) is 0.625. The van der Waals surface area contributed by atoms with Gasteiger partial charge < -0.3 is 10.5 Å². The second-order valence-corrected chi connectivity index (χ2v) is 3.02. The van der Waals surface area contributed by atoms with Crippen molar-refractivity contribution < 1.29 is 4.74 Å². The molecule has 0 unspecified atom stereocenters. The van der Waals surface area contributed by atoms with Crippen LogP contribution in [-0.2, 0) is 11.3 Å². The van der Waals surface area contributed by atoms with Gasteiger partial charge >= 0.3 is 0 Å². The lowest BCUT2D eigenvalue weighted by Crippen LogP contribution is -2.09. The Hall–Kier alpha value is -1.23. The first-order chi connectivity index (χ1) is 6.08. The molecular formula is C8H14N4O. The van der Waals surface area contributed by atoms with E-state index < -0.39 is 0 Å². The molecule has 0 saturated carbocycles. The zero-order valence-corrected chi connectivity index (χ0v) is 8.11. The Morgan fingerprint density at radius 1 is 1.31 bits per heavy atom. The van der Waals surface area contributed by atoms with Gasteiger partial charge in [0.1, 0.15) is 12.4 Å². The maximum absolute atomic E-state index is 5.45. The molecule has 72 valence electrons. The molecule has 0 bridgehead atoms. The molecule has 0 aromatic carbocycles. The zero-order chi connectivity index (χ0) is 9.84. The van der Waals surface area contributed by atoms with Crippen molar-refractivity contribution in [3.05, 3.63) is 11.6 Å². The third-order valence-electron chi connectivity index (χ3n) is 1.36. The van der Waals surface area contributed by atoms with Gasteiger partial charge in [-0.3, -0.25) is 0 Å². The molecule has 1 rings (SSSR count). The summed E-state index contributed by atoms with van der Waals surface area (Å²) in [6.45, 7) is 6.07. The average molecular weight is 182 g/mol. The summed E-state index contributed by atoms with van der Waals surface area (Å²) in [7, 11) is 0. The molecule has 0 spiro atoms. The van der Waals surface area contributed by atoms with Crippen LogP contribution in [-0.4, -0.2) is 21.1 Å². The number of nitrogens with two attached hydrogens (primary N) is 1. The second-order valence-electron chi connectivity index (χ2n) is 3.02. The van der Waals surface area contributed by atoms with E-state index in [0.29, 0.717) is 18.3 Å². The minimum absolute atomic E-state index is 0.165. The number of aromatic nitrogens is 3. The van der Waals surface area contributed by atoms with Crippen LogP contribution in [0.4, 0.5) is 5.95 Å². The summed E-state index contributed by atoms with van der Waals surface area (Å²) in [6, 6.07) is 0. The Morgan fingerprint density at radius 2 is 2.00 bits per heavy atom. The lowest BCUT2D eigenvalue weighted by atomic mass is 10.5. The van der Waals surface area contributed by atoms with E-state index in [1.807, 2.05) is 13.8 Å². The van der Waals surface area contributed by atoms with Gasteiger partial charge in [0.2, 0.25) is 5.95 Å². The highest BCUT2D eigenvalue weighted by Gasteiger charge is 2.02.